The molecule has 3 aromatic rings. The van der Waals surface area contributed by atoms with Gasteiger partial charge in [0.05, 0.1) is 23.9 Å². The first-order valence-electron chi connectivity index (χ1n) is 10.7. The number of amides is 1. The summed E-state index contributed by atoms with van der Waals surface area (Å²) in [5.41, 5.74) is 1.03. The molecule has 1 amide bonds. The second-order valence-electron chi connectivity index (χ2n) is 7.63. The number of halogens is 1. The second-order valence-corrected chi connectivity index (χ2v) is 8.06. The van der Waals surface area contributed by atoms with E-state index in [-0.39, 0.29) is 17.4 Å². The van der Waals surface area contributed by atoms with Crippen LogP contribution in [0.15, 0.2) is 65.5 Å². The van der Waals surface area contributed by atoms with Gasteiger partial charge in [0, 0.05) is 24.2 Å². The summed E-state index contributed by atoms with van der Waals surface area (Å²) in [4.78, 5) is 27.4. The lowest BCUT2D eigenvalue weighted by Crippen LogP contribution is -2.41. The van der Waals surface area contributed by atoms with Crippen LogP contribution >= 0.6 is 11.6 Å². The Morgan fingerprint density at radius 2 is 2.03 bits per heavy atom. The molecule has 166 valence electrons. The number of para-hydroxylation sites is 2. The van der Waals surface area contributed by atoms with E-state index in [1.54, 1.807) is 30.3 Å². The summed E-state index contributed by atoms with van der Waals surface area (Å²) < 4.78 is 6.95. The molecule has 2 aromatic carbocycles. The summed E-state index contributed by atoms with van der Waals surface area (Å²) in [6.07, 6.45) is 1.64. The number of benzene rings is 2. The minimum Gasteiger partial charge on any atom is -0.492 e. The van der Waals surface area contributed by atoms with Crippen molar-refractivity contribution in [3.05, 3.63) is 76.0 Å². The Kier molecular flexibility index (Phi) is 6.75. The third-order valence-electron chi connectivity index (χ3n) is 5.40. The van der Waals surface area contributed by atoms with Crippen molar-refractivity contribution in [1.29, 1.82) is 0 Å². The molecule has 7 nitrogen and oxygen atoms in total. The van der Waals surface area contributed by atoms with E-state index in [0.29, 0.717) is 41.1 Å². The number of hydrogen-bond acceptors (Lipinski definition) is 5. The molecule has 0 unspecified atom stereocenters. The van der Waals surface area contributed by atoms with E-state index >= 15 is 0 Å². The highest BCUT2D eigenvalue weighted by Gasteiger charge is 2.27. The zero-order valence-corrected chi connectivity index (χ0v) is 18.6. The zero-order valence-electron chi connectivity index (χ0n) is 17.8. The molecule has 4 rings (SSSR count). The van der Waals surface area contributed by atoms with Crippen molar-refractivity contribution in [3.63, 3.8) is 0 Å². The van der Waals surface area contributed by atoms with Gasteiger partial charge in [-0.1, -0.05) is 29.8 Å². The van der Waals surface area contributed by atoms with Crippen LogP contribution in [0.25, 0.3) is 5.69 Å². The van der Waals surface area contributed by atoms with Crippen molar-refractivity contribution in [2.24, 2.45) is 5.92 Å². The van der Waals surface area contributed by atoms with Crippen LogP contribution in [0.1, 0.15) is 19.8 Å². The smallest absolute Gasteiger partial charge is 0.271 e. The number of nitrogens with one attached hydrogen (secondary N) is 1. The average molecular weight is 453 g/mol. The maximum Gasteiger partial charge on any atom is 0.271 e. The van der Waals surface area contributed by atoms with Crippen LogP contribution in [0.5, 0.6) is 5.75 Å². The van der Waals surface area contributed by atoms with Gasteiger partial charge < -0.3 is 15.0 Å². The standard InChI is InChI=1S/C24H25ClN4O3/c1-2-32-21-11-4-3-10-20(21)26-24(31)17-7-6-14-28(16-17)22-12-13-23(30)29(27-22)19-9-5-8-18(25)15-19/h3-5,8-13,15,17H,2,6-7,14,16H2,1H3,(H,26,31)/t17-/m0/s1. The third-order valence-corrected chi connectivity index (χ3v) is 5.64. The summed E-state index contributed by atoms with van der Waals surface area (Å²) in [5.74, 6) is 1.06. The first-order chi connectivity index (χ1) is 15.5. The number of piperidine rings is 1. The van der Waals surface area contributed by atoms with Crippen molar-refractivity contribution >= 4 is 29.0 Å². The number of nitrogens with zero attached hydrogens (tertiary/aromatic N) is 3. The van der Waals surface area contributed by atoms with Crippen LogP contribution in [0, 0.1) is 5.92 Å². The Balaban J connectivity index is 1.51. The average Bonchev–Trinajstić information content (AvgIpc) is 2.81. The molecule has 1 N–H and O–H groups in total. The maximum atomic E-state index is 13.0. The van der Waals surface area contributed by atoms with E-state index in [1.165, 1.54) is 10.7 Å². The fourth-order valence-corrected chi connectivity index (χ4v) is 4.03. The van der Waals surface area contributed by atoms with Gasteiger partial charge in [-0.05, 0) is 56.2 Å². The molecular formula is C24H25ClN4O3. The van der Waals surface area contributed by atoms with E-state index in [0.717, 1.165) is 19.4 Å². The monoisotopic (exact) mass is 452 g/mol. The van der Waals surface area contributed by atoms with E-state index < -0.39 is 0 Å². The van der Waals surface area contributed by atoms with Crippen LogP contribution in [0.2, 0.25) is 5.02 Å². The number of rotatable bonds is 6. The molecule has 0 aliphatic carbocycles. The molecule has 1 saturated heterocycles. The van der Waals surface area contributed by atoms with Gasteiger partial charge in [-0.2, -0.15) is 4.68 Å². The van der Waals surface area contributed by atoms with E-state index in [9.17, 15) is 9.59 Å². The minimum atomic E-state index is -0.241. The van der Waals surface area contributed by atoms with Gasteiger partial charge in [-0.25, -0.2) is 0 Å². The lowest BCUT2D eigenvalue weighted by Gasteiger charge is -2.33. The SMILES string of the molecule is CCOc1ccccc1NC(=O)[C@H]1CCCN(c2ccc(=O)n(-c3cccc(Cl)c3)n2)C1. The fraction of sp³-hybridized carbons (Fsp3) is 0.292. The van der Waals surface area contributed by atoms with Crippen molar-refractivity contribution in [3.8, 4) is 11.4 Å². The number of ether oxygens (including phenoxy) is 1. The molecule has 8 heteroatoms. The van der Waals surface area contributed by atoms with Crippen LogP contribution in [-0.2, 0) is 4.79 Å². The normalized spacial score (nSPS) is 15.9. The molecule has 1 fully saturated rings. The van der Waals surface area contributed by atoms with Crippen LogP contribution in [0.3, 0.4) is 0 Å². The summed E-state index contributed by atoms with van der Waals surface area (Å²) in [6.45, 7) is 3.72. The predicted molar refractivity (Wildman–Crippen MR) is 126 cm³/mol. The lowest BCUT2D eigenvalue weighted by molar-refractivity contribution is -0.120. The van der Waals surface area contributed by atoms with E-state index in [2.05, 4.69) is 10.4 Å². The van der Waals surface area contributed by atoms with Crippen LogP contribution in [-0.4, -0.2) is 35.4 Å². The molecule has 0 bridgehead atoms. The molecule has 1 aliphatic heterocycles. The summed E-state index contributed by atoms with van der Waals surface area (Å²) in [7, 11) is 0. The van der Waals surface area contributed by atoms with Crippen LogP contribution < -0.4 is 20.5 Å². The second kappa shape index (κ2) is 9.87. The quantitative estimate of drug-likeness (QED) is 0.608. The highest BCUT2D eigenvalue weighted by molar-refractivity contribution is 6.30. The van der Waals surface area contributed by atoms with E-state index in [4.69, 9.17) is 16.3 Å². The first kappa shape index (κ1) is 21.9. The molecule has 2 heterocycles. The molecule has 1 aliphatic rings. The fourth-order valence-electron chi connectivity index (χ4n) is 3.85. The van der Waals surface area contributed by atoms with E-state index in [1.807, 2.05) is 36.1 Å². The van der Waals surface area contributed by atoms with Crippen molar-refractivity contribution in [2.45, 2.75) is 19.8 Å². The Morgan fingerprint density at radius 1 is 1.19 bits per heavy atom. The van der Waals surface area contributed by atoms with Gasteiger partial charge in [0.25, 0.3) is 5.56 Å². The number of carbonyl (C=O) groups is 1. The Labute approximate surface area is 191 Å². The Hall–Kier alpha value is -3.32. The summed E-state index contributed by atoms with van der Waals surface area (Å²) in [5, 5.41) is 8.08. The predicted octanol–water partition coefficient (Wildman–Crippen LogP) is 4.14. The molecule has 0 saturated carbocycles. The highest BCUT2D eigenvalue weighted by Crippen LogP contribution is 2.27. The lowest BCUT2D eigenvalue weighted by atomic mass is 9.97. The molecule has 0 radical (unpaired) electrons. The van der Waals surface area contributed by atoms with Crippen molar-refractivity contribution in [2.75, 3.05) is 29.9 Å². The van der Waals surface area contributed by atoms with Gasteiger partial charge in [0.2, 0.25) is 5.91 Å². The maximum absolute atomic E-state index is 13.0. The summed E-state index contributed by atoms with van der Waals surface area (Å²) in [6, 6.07) is 17.6. The minimum absolute atomic E-state index is 0.0509. The van der Waals surface area contributed by atoms with Gasteiger partial charge in [0.1, 0.15) is 11.6 Å². The highest BCUT2D eigenvalue weighted by atomic mass is 35.5. The molecular weight excluding hydrogens is 428 g/mol. The molecule has 1 aromatic heterocycles. The van der Waals surface area contributed by atoms with Crippen LogP contribution in [0.4, 0.5) is 11.5 Å². The Bertz CT molecular complexity index is 1160. The van der Waals surface area contributed by atoms with Crippen molar-refractivity contribution in [1.82, 2.24) is 9.78 Å². The Morgan fingerprint density at radius 3 is 2.84 bits per heavy atom. The number of carbonyl (C=O) groups excluding carboxylic acids is 1. The zero-order chi connectivity index (χ0) is 22.5. The molecule has 0 spiro atoms. The largest absolute Gasteiger partial charge is 0.492 e. The number of hydrogen-bond donors (Lipinski definition) is 1. The topological polar surface area (TPSA) is 76.5 Å². The summed E-state index contributed by atoms with van der Waals surface area (Å²) >= 11 is 6.08. The van der Waals surface area contributed by atoms with Crippen molar-refractivity contribution < 1.29 is 9.53 Å². The third kappa shape index (κ3) is 4.94. The van der Waals surface area contributed by atoms with Gasteiger partial charge in [-0.3, -0.25) is 9.59 Å². The molecule has 1 atom stereocenters. The van der Waals surface area contributed by atoms with Gasteiger partial charge in [-0.15, -0.1) is 5.10 Å². The van der Waals surface area contributed by atoms with Gasteiger partial charge >= 0.3 is 0 Å². The number of anilines is 2. The first-order valence-corrected chi connectivity index (χ1v) is 11.1. The number of aromatic nitrogens is 2. The molecule has 32 heavy (non-hydrogen) atoms. The van der Waals surface area contributed by atoms with Gasteiger partial charge in [0.15, 0.2) is 0 Å².